The summed E-state index contributed by atoms with van der Waals surface area (Å²) in [7, 11) is 0. The Morgan fingerprint density at radius 3 is 2.09 bits per heavy atom. The molecule has 0 spiro atoms. The number of nitrogens with two attached hydrogens (primary N) is 1. The van der Waals surface area contributed by atoms with Crippen LogP contribution < -0.4 is 11.1 Å². The first-order valence-corrected chi connectivity index (χ1v) is 12.0. The third-order valence-corrected chi connectivity index (χ3v) is 6.28. The summed E-state index contributed by atoms with van der Waals surface area (Å²) in [5, 5.41) is 14.8. The third-order valence-electron chi connectivity index (χ3n) is 6.28. The maximum Gasteiger partial charge on any atom is 0.269 e. The van der Waals surface area contributed by atoms with Gasteiger partial charge in [0.1, 0.15) is 12.2 Å². The molecule has 0 aromatic heterocycles. The smallest absolute Gasteiger partial charge is 0.269 e. The molecule has 1 aliphatic heterocycles. The van der Waals surface area contributed by atoms with E-state index in [0.717, 1.165) is 16.7 Å². The Balaban J connectivity index is 1.57. The molecule has 7 nitrogen and oxygen atoms in total. The van der Waals surface area contributed by atoms with Crippen LogP contribution in [-0.2, 0) is 28.9 Å². The number of hydrogen-bond donors (Lipinski definition) is 2. The molecule has 0 radical (unpaired) electrons. The first-order chi connectivity index (χ1) is 16.8. The van der Waals surface area contributed by atoms with Crippen LogP contribution in [-0.4, -0.2) is 35.0 Å². The van der Waals surface area contributed by atoms with Gasteiger partial charge in [0, 0.05) is 30.8 Å². The lowest BCUT2D eigenvalue weighted by Gasteiger charge is -2.30. The molecule has 1 saturated heterocycles. The van der Waals surface area contributed by atoms with E-state index < -0.39 is 5.79 Å². The lowest BCUT2D eigenvalue weighted by Crippen LogP contribution is -2.52. The summed E-state index contributed by atoms with van der Waals surface area (Å²) in [6.45, 7) is 4.28. The Morgan fingerprint density at radius 1 is 0.886 bits per heavy atom. The van der Waals surface area contributed by atoms with Gasteiger partial charge in [0.2, 0.25) is 0 Å². The average molecular weight is 476 g/mol. The van der Waals surface area contributed by atoms with Crippen LogP contribution in [0.25, 0.3) is 0 Å². The highest BCUT2D eigenvalue weighted by atomic mass is 16.8. The first kappa shape index (κ1) is 25.0. The van der Waals surface area contributed by atoms with Gasteiger partial charge in [0.15, 0.2) is 5.79 Å². The highest BCUT2D eigenvalue weighted by Gasteiger charge is 2.47. The Morgan fingerprint density at radius 2 is 1.46 bits per heavy atom. The molecule has 4 atom stereocenters. The van der Waals surface area contributed by atoms with Crippen molar-refractivity contribution >= 4 is 5.69 Å². The number of non-ortho nitro benzene ring substituents is 1. The fourth-order valence-electron chi connectivity index (χ4n) is 4.66. The number of benzene rings is 3. The number of rotatable bonds is 10. The van der Waals surface area contributed by atoms with E-state index in [1.165, 1.54) is 6.07 Å². The molecule has 0 saturated carbocycles. The first-order valence-electron chi connectivity index (χ1n) is 12.0. The topological polar surface area (TPSA) is 99.7 Å². The normalized spacial score (nSPS) is 20.9. The van der Waals surface area contributed by atoms with Gasteiger partial charge in [-0.05, 0) is 43.4 Å². The van der Waals surface area contributed by atoms with Gasteiger partial charge in [-0.25, -0.2) is 0 Å². The minimum Gasteiger partial charge on any atom is -0.343 e. The summed E-state index contributed by atoms with van der Waals surface area (Å²) in [4.78, 5) is 10.8. The summed E-state index contributed by atoms with van der Waals surface area (Å²) in [5.41, 5.74) is 9.93. The van der Waals surface area contributed by atoms with Crippen molar-refractivity contribution in [2.75, 3.05) is 0 Å². The van der Waals surface area contributed by atoms with Crippen molar-refractivity contribution in [3.63, 3.8) is 0 Å². The predicted octanol–water partition coefficient (Wildman–Crippen LogP) is 4.39. The van der Waals surface area contributed by atoms with Gasteiger partial charge in [0.25, 0.3) is 5.69 Å². The van der Waals surface area contributed by atoms with E-state index in [0.29, 0.717) is 19.4 Å². The van der Waals surface area contributed by atoms with Gasteiger partial charge in [-0.2, -0.15) is 0 Å². The van der Waals surface area contributed by atoms with Gasteiger partial charge >= 0.3 is 0 Å². The van der Waals surface area contributed by atoms with Crippen molar-refractivity contribution in [1.29, 1.82) is 0 Å². The number of nitro groups is 1. The second-order valence-corrected chi connectivity index (χ2v) is 9.52. The maximum atomic E-state index is 11.2. The summed E-state index contributed by atoms with van der Waals surface area (Å²) in [6.07, 6.45) is 0.748. The molecular formula is C28H33N3O4. The molecule has 2 unspecified atom stereocenters. The zero-order valence-corrected chi connectivity index (χ0v) is 20.2. The minimum atomic E-state index is -0.772. The summed E-state index contributed by atoms with van der Waals surface area (Å²) >= 11 is 0. The van der Waals surface area contributed by atoms with E-state index in [1.54, 1.807) is 12.1 Å². The SMILES string of the molecule is CC1(C)OC([C@H](N)Cc2ccccc2)C([C@@H](Cc2ccccc2)NCc2cccc([N+](=O)[O-])c2)O1. The highest BCUT2D eigenvalue weighted by Crippen LogP contribution is 2.33. The van der Waals surface area contributed by atoms with E-state index in [-0.39, 0.29) is 34.9 Å². The fourth-order valence-corrected chi connectivity index (χ4v) is 4.66. The zero-order chi connectivity index (χ0) is 24.8. The molecule has 3 aromatic carbocycles. The number of hydrogen-bond acceptors (Lipinski definition) is 6. The molecule has 35 heavy (non-hydrogen) atoms. The maximum absolute atomic E-state index is 11.2. The van der Waals surface area contributed by atoms with Crippen LogP contribution >= 0.6 is 0 Å². The molecular weight excluding hydrogens is 442 g/mol. The van der Waals surface area contributed by atoms with Crippen LogP contribution in [0.5, 0.6) is 0 Å². The van der Waals surface area contributed by atoms with Crippen LogP contribution in [0.3, 0.4) is 0 Å². The zero-order valence-electron chi connectivity index (χ0n) is 20.2. The Labute approximate surface area is 206 Å². The van der Waals surface area contributed by atoms with Gasteiger partial charge in [0.05, 0.1) is 4.92 Å². The Kier molecular flexibility index (Phi) is 7.93. The lowest BCUT2D eigenvalue weighted by molar-refractivity contribution is -0.384. The van der Waals surface area contributed by atoms with Crippen LogP contribution in [0.1, 0.15) is 30.5 Å². The van der Waals surface area contributed by atoms with E-state index in [1.807, 2.05) is 56.3 Å². The van der Waals surface area contributed by atoms with Gasteiger partial charge in [-0.15, -0.1) is 0 Å². The van der Waals surface area contributed by atoms with E-state index in [4.69, 9.17) is 15.2 Å². The van der Waals surface area contributed by atoms with Crippen LogP contribution in [0, 0.1) is 10.1 Å². The molecule has 184 valence electrons. The summed E-state index contributed by atoms with van der Waals surface area (Å²) in [5.74, 6) is -0.772. The van der Waals surface area contributed by atoms with E-state index >= 15 is 0 Å². The van der Waals surface area contributed by atoms with Crippen molar-refractivity contribution in [3.05, 3.63) is 112 Å². The molecule has 7 heteroatoms. The van der Waals surface area contributed by atoms with E-state index in [9.17, 15) is 10.1 Å². The quantitative estimate of drug-likeness (QED) is 0.333. The largest absolute Gasteiger partial charge is 0.343 e. The molecule has 3 N–H and O–H groups in total. The van der Waals surface area contributed by atoms with Gasteiger partial charge in [-0.1, -0.05) is 72.8 Å². The molecule has 0 aliphatic carbocycles. The van der Waals surface area contributed by atoms with Crippen LogP contribution in [0.15, 0.2) is 84.9 Å². The third kappa shape index (κ3) is 6.74. The molecule has 0 amide bonds. The fraction of sp³-hybridized carbons (Fsp3) is 0.357. The summed E-state index contributed by atoms with van der Waals surface area (Å²) in [6, 6.07) is 26.6. The molecule has 1 fully saturated rings. The van der Waals surface area contributed by atoms with Crippen LogP contribution in [0.2, 0.25) is 0 Å². The molecule has 1 aliphatic rings. The number of nitro benzene ring substituents is 1. The molecule has 3 aromatic rings. The van der Waals surface area contributed by atoms with Crippen molar-refractivity contribution in [2.24, 2.45) is 5.73 Å². The van der Waals surface area contributed by atoms with Gasteiger partial charge < -0.3 is 20.5 Å². The number of ether oxygens (including phenoxy) is 2. The second-order valence-electron chi connectivity index (χ2n) is 9.52. The standard InChI is InChI=1S/C28H33N3O4/c1-28(2)34-26(24(29)17-20-10-5-3-6-11-20)27(35-28)25(18-21-12-7-4-8-13-21)30-19-22-14-9-15-23(16-22)31(32)33/h3-16,24-27,30H,17-19,29H2,1-2H3/t24-,25-,26?,27?/m1/s1. The van der Waals surface area contributed by atoms with Crippen LogP contribution in [0.4, 0.5) is 5.69 Å². The van der Waals surface area contributed by atoms with Crippen molar-refractivity contribution in [2.45, 2.75) is 63.3 Å². The van der Waals surface area contributed by atoms with Gasteiger partial charge in [-0.3, -0.25) is 10.1 Å². The lowest BCUT2D eigenvalue weighted by atomic mass is 9.91. The number of nitrogens with one attached hydrogen (secondary N) is 1. The second kappa shape index (κ2) is 11.1. The van der Waals surface area contributed by atoms with Crippen molar-refractivity contribution < 1.29 is 14.4 Å². The summed E-state index contributed by atoms with van der Waals surface area (Å²) < 4.78 is 12.8. The van der Waals surface area contributed by atoms with Crippen molar-refractivity contribution in [1.82, 2.24) is 5.32 Å². The van der Waals surface area contributed by atoms with Crippen molar-refractivity contribution in [3.8, 4) is 0 Å². The highest BCUT2D eigenvalue weighted by molar-refractivity contribution is 5.34. The Hall–Kier alpha value is -3.10. The molecule has 0 bridgehead atoms. The Bertz CT molecular complexity index is 1110. The number of nitrogens with zero attached hydrogens (tertiary/aromatic N) is 1. The minimum absolute atomic E-state index is 0.0771. The van der Waals surface area contributed by atoms with E-state index in [2.05, 4.69) is 29.6 Å². The average Bonchev–Trinajstić information content (AvgIpc) is 3.18. The molecule has 1 heterocycles. The molecule has 4 rings (SSSR count). The predicted molar refractivity (Wildman–Crippen MR) is 136 cm³/mol. The monoisotopic (exact) mass is 475 g/mol.